The molecule has 22 nitrogen and oxygen atoms in total. The summed E-state index contributed by atoms with van der Waals surface area (Å²) in [5.74, 6) is -3.58. The number of imidazole rings is 2. The number of azide groups is 1. The molecule has 0 radical (unpaired) electrons. The lowest BCUT2D eigenvalue weighted by Crippen LogP contribution is -2.33. The third kappa shape index (κ3) is 94.0. The molecule has 0 saturated heterocycles. The molecule has 11 rings (SSSR count). The number of aryl methyl sites for hydroxylation is 2. The van der Waals surface area contributed by atoms with E-state index in [-0.39, 0.29) is 87.3 Å². The number of nitrogens with zero attached hydrogens (tertiary/aromatic N) is 14. The van der Waals surface area contributed by atoms with Crippen molar-refractivity contribution in [3.63, 3.8) is 0 Å². The lowest BCUT2D eigenvalue weighted by atomic mass is 9.81. The quantitative estimate of drug-likeness (QED) is 0.0318. The Kier molecular flexibility index (Phi) is 242. The van der Waals surface area contributed by atoms with Gasteiger partial charge in [-0.1, -0.05) is 58.3 Å². The summed E-state index contributed by atoms with van der Waals surface area (Å²) < 4.78 is 596. The van der Waals surface area contributed by atoms with Crippen LogP contribution in [0, 0.1) is 26.2 Å². The summed E-state index contributed by atoms with van der Waals surface area (Å²) in [7, 11) is 0. The Labute approximate surface area is 744 Å². The van der Waals surface area contributed by atoms with E-state index in [4.69, 9.17) is 328 Å². The van der Waals surface area contributed by atoms with Gasteiger partial charge in [-0.05, 0) is 73.8 Å². The summed E-state index contributed by atoms with van der Waals surface area (Å²) in [6, 6.07) is 17.7. The van der Waals surface area contributed by atoms with Crippen LogP contribution in [-0.4, -0.2) is 102 Å². The number of aromatic nitrogens is 11. The van der Waals surface area contributed by atoms with Crippen molar-refractivity contribution in [3.05, 3.63) is 142 Å². The second-order valence-corrected chi connectivity index (χ2v) is 18.2. The van der Waals surface area contributed by atoms with E-state index >= 15 is 0 Å². The van der Waals surface area contributed by atoms with E-state index in [0.717, 1.165) is 16.7 Å². The Morgan fingerprint density at radius 3 is 0.965 bits per heavy atom. The van der Waals surface area contributed by atoms with Crippen molar-refractivity contribution in [1.29, 1.82) is 0 Å². The number of carbonyl (C=O) groups is 3. The normalized spacial score (nSPS) is 9.09. The number of aliphatic hydroxyl groups excluding tert-OH is 1. The fourth-order valence-electron chi connectivity index (χ4n) is 8.19. The fourth-order valence-corrected chi connectivity index (χ4v) is 8.19. The summed E-state index contributed by atoms with van der Waals surface area (Å²) in [4.78, 5) is 55.6. The standard InChI is InChI=1S/C25H22F2N8O3.C23H17F2N5O2.C3H5N3O.CH4.33F2/c1-14-2-3-16(22-30-24(38-32-22)17-10-25(26,27)11-17)8-18(14)29-23(37)20-12-28-21-9-15(4-5-35(20)21)19-13-34(6-7-36)33-31-19;1-3-14-6-7-30-18(12-26-19(30)8-14)21(31)27-17-9-15(5-4-13(17)2)20-28-22(32-29-20)16-10-23(24,25)11-16;1-3(7)2-5-6-4;;33*1-2/h2-5,8-9,12-13,17,36H,6-7,10-11H2,1H3,(H,29,37);1,4-9,12,16H,10-11H2,2H3,(H,27,31);2H2,1H3;1H4;;;;;;;;;;;;;;;;;;;;;;;;;;;;;;;;;. The number of hydrogen-bond acceptors (Lipinski definition) is 15. The SMILES string of the molecule is C.C#Cc1ccn2c(C(=O)Nc3cc(-c4noc(C5CC(F)(F)C5)n4)ccc3C)cnc2c1.CC(=O)CN=[N+]=[N-].Cc1ccc(-c2noc(C3CC(F)(F)C3)n2)cc1NC(=O)c1cnc2cc(-c3cn(CCO)nn3)ccn12.FF.FF.FF.FF.FF.FF.FF.FF.FF.FF.FF.FF.FF.FF.FF.FF.FF.FF.FF.FF.FF.FF.FF.FF.FF.FF.FF.FF.FF.FF.FF.FF.FF. The molecule has 92 heteroatoms. The number of terminal acetylenes is 1. The second-order valence-electron chi connectivity index (χ2n) is 18.2. The number of anilines is 2. The van der Waals surface area contributed by atoms with Crippen LogP contribution in [0.25, 0.3) is 55.8 Å². The maximum atomic E-state index is 13.2. The monoisotopic (exact) mass is 2320 g/mol. The number of nitrogens with one attached hydrogen (secondary N) is 2. The minimum absolute atomic E-state index is 0. The number of aliphatic hydroxyl groups is 1. The van der Waals surface area contributed by atoms with Crippen LogP contribution in [0.5, 0.6) is 0 Å². The van der Waals surface area contributed by atoms with Crippen molar-refractivity contribution in [2.75, 3.05) is 23.8 Å². The molecule has 0 bridgehead atoms. The van der Waals surface area contributed by atoms with Gasteiger partial charge in [-0.3, -0.25) is 23.2 Å². The van der Waals surface area contributed by atoms with E-state index in [1.807, 2.05) is 26.0 Å². The van der Waals surface area contributed by atoms with Gasteiger partial charge < -0.3 is 24.8 Å². The van der Waals surface area contributed by atoms with E-state index in [1.54, 1.807) is 80.6 Å². The number of hydrogen-bond donors (Lipinski definition) is 3. The maximum absolute atomic E-state index is 13.2. The van der Waals surface area contributed by atoms with Crippen LogP contribution in [0.1, 0.15) is 101 Å². The molecular formula is C52H48F70N16O6. The van der Waals surface area contributed by atoms with E-state index in [1.165, 1.54) is 19.3 Å². The Morgan fingerprint density at radius 2 is 0.715 bits per heavy atom. The van der Waals surface area contributed by atoms with Gasteiger partial charge in [0.05, 0.1) is 38.3 Å². The first-order chi connectivity index (χ1) is 69.9. The molecule has 2 aliphatic rings. The first-order valence-corrected chi connectivity index (χ1v) is 28.3. The van der Waals surface area contributed by atoms with Crippen LogP contribution in [0.4, 0.5) is 331 Å². The van der Waals surface area contributed by atoms with Gasteiger partial charge in [0.15, 0.2) is 0 Å². The van der Waals surface area contributed by atoms with Crippen molar-refractivity contribution < 1.29 is 348 Å². The smallest absolute Gasteiger partial charge is 0.274 e. The predicted octanol–water partition coefficient (Wildman–Crippen LogP) is 37.4. The average molecular weight is 2320 g/mol. The molecule has 7 aromatic heterocycles. The predicted molar refractivity (Wildman–Crippen MR) is 348 cm³/mol. The zero-order valence-corrected chi connectivity index (χ0v) is 66.0. The van der Waals surface area contributed by atoms with Crippen molar-refractivity contribution in [2.45, 2.75) is 84.1 Å². The second kappa shape index (κ2) is 174. The first kappa shape index (κ1) is 200. The van der Waals surface area contributed by atoms with E-state index in [0.29, 0.717) is 63.0 Å². The van der Waals surface area contributed by atoms with Crippen LogP contribution < -0.4 is 10.6 Å². The van der Waals surface area contributed by atoms with Crippen molar-refractivity contribution in [1.82, 2.24) is 54.0 Å². The Bertz CT molecular complexity index is 3900. The molecule has 0 spiro atoms. The molecule has 2 amide bonds. The maximum Gasteiger partial charge on any atom is 0.274 e. The van der Waals surface area contributed by atoms with Gasteiger partial charge in [0.25, 0.3) is 11.8 Å². The largest absolute Gasteiger partial charge is 0.394 e. The number of pyridine rings is 2. The van der Waals surface area contributed by atoms with Crippen LogP contribution >= 0.6 is 0 Å². The molecule has 9 aromatic rings. The summed E-state index contributed by atoms with van der Waals surface area (Å²) in [6.07, 6.45) is 12.4. The minimum Gasteiger partial charge on any atom is -0.394 e. The molecular weight excluding hydrogens is 2270 g/mol. The number of fused-ring (bicyclic) bond motifs is 2. The fraction of sp³-hybridized carbons (Fsp3) is 0.288. The van der Waals surface area contributed by atoms with Gasteiger partial charge in [0.1, 0.15) is 34.2 Å². The molecule has 2 fully saturated rings. The summed E-state index contributed by atoms with van der Waals surface area (Å²) >= 11 is 0. The van der Waals surface area contributed by atoms with Gasteiger partial charge >= 0.3 is 0 Å². The lowest BCUT2D eigenvalue weighted by molar-refractivity contribution is -0.115. The molecule has 0 atom stereocenters. The van der Waals surface area contributed by atoms with Crippen LogP contribution in [0.15, 0.2) is 106 Å². The number of amides is 2. The number of halogens is 70. The molecule has 3 N–H and O–H groups in total. The van der Waals surface area contributed by atoms with Gasteiger partial charge in [0, 0.05) is 390 Å². The molecule has 0 aliphatic heterocycles. The summed E-state index contributed by atoms with van der Waals surface area (Å²) in [5.41, 5.74) is 15.4. The highest BCUT2D eigenvalue weighted by atomic mass is 20.1. The van der Waals surface area contributed by atoms with Crippen molar-refractivity contribution >= 4 is 40.3 Å². The zero-order valence-electron chi connectivity index (χ0n) is 66.0. The van der Waals surface area contributed by atoms with Crippen LogP contribution in [-0.2, 0) is 11.3 Å². The van der Waals surface area contributed by atoms with Crippen LogP contribution in [0.2, 0.25) is 0 Å². The zero-order chi connectivity index (χ0) is 121. The number of benzene rings is 2. The number of carbonyl (C=O) groups excluding carboxylic acids is 3. The third-order valence-electron chi connectivity index (χ3n) is 12.4. The summed E-state index contributed by atoms with van der Waals surface area (Å²) in [6.45, 7) is 5.34. The highest BCUT2D eigenvalue weighted by molar-refractivity contribution is 6.05. The van der Waals surface area contributed by atoms with E-state index < -0.39 is 23.7 Å². The van der Waals surface area contributed by atoms with Gasteiger partial charge in [0.2, 0.25) is 35.3 Å². The minimum atomic E-state index is -2.68. The highest BCUT2D eigenvalue weighted by Crippen LogP contribution is 2.49. The lowest BCUT2D eigenvalue weighted by Gasteiger charge is -2.31. The topological polar surface area (TPSA) is 287 Å². The van der Waals surface area contributed by atoms with Gasteiger partial charge in [-0.2, -0.15) is 9.97 Å². The Morgan fingerprint density at radius 1 is 0.438 bits per heavy atom. The van der Waals surface area contributed by atoms with Crippen molar-refractivity contribution in [2.24, 2.45) is 5.11 Å². The van der Waals surface area contributed by atoms with Crippen LogP contribution in [0.3, 0.4) is 0 Å². The number of alkyl halides is 4. The molecule has 2 saturated carbocycles. The molecule has 7 heterocycles. The molecule has 0 unspecified atom stereocenters. The third-order valence-corrected chi connectivity index (χ3v) is 12.4. The average Bonchev–Trinajstić information content (AvgIpc) is 1.61. The van der Waals surface area contributed by atoms with Gasteiger partial charge in [-0.15, -0.1) is 11.5 Å². The summed E-state index contributed by atoms with van der Waals surface area (Å²) in [5, 5.41) is 33.8. The molecule has 2 aliphatic carbocycles. The molecule has 144 heavy (non-hydrogen) atoms. The molecule has 862 valence electrons. The van der Waals surface area contributed by atoms with Gasteiger partial charge in [-0.25, -0.2) is 32.2 Å². The number of ketones is 1. The van der Waals surface area contributed by atoms with E-state index in [9.17, 15) is 31.9 Å². The number of rotatable bonds is 13. The van der Waals surface area contributed by atoms with E-state index in [2.05, 4.69) is 67.1 Å². The Hall–Kier alpha value is -14.2. The first-order valence-electron chi connectivity index (χ1n) is 28.3. The highest BCUT2D eigenvalue weighted by Gasteiger charge is 2.49. The van der Waals surface area contributed by atoms with Crippen molar-refractivity contribution in [3.8, 4) is 46.4 Å². The molecule has 2 aromatic carbocycles. The Balaban J connectivity index is -0.0000000493. The number of Topliss-reactive ketones (excluding diaryl/α,β-unsaturated/α-hetero) is 1.